The van der Waals surface area contributed by atoms with E-state index in [0.717, 1.165) is 5.56 Å². The normalized spacial score (nSPS) is 10.4. The van der Waals surface area contributed by atoms with E-state index in [1.54, 1.807) is 6.21 Å². The Labute approximate surface area is 105 Å². The molecule has 5 nitrogen and oxygen atoms in total. The van der Waals surface area contributed by atoms with Gasteiger partial charge >= 0.3 is 0 Å². The van der Waals surface area contributed by atoms with Gasteiger partial charge in [0.05, 0.1) is 6.21 Å². The summed E-state index contributed by atoms with van der Waals surface area (Å²) in [5.41, 5.74) is 3.86. The highest BCUT2D eigenvalue weighted by Gasteiger charge is 2.10. The predicted octanol–water partition coefficient (Wildman–Crippen LogP) is 2.55. The topological polar surface area (TPSA) is 74.2 Å². The molecule has 0 aliphatic carbocycles. The van der Waals surface area contributed by atoms with Crippen molar-refractivity contribution in [3.8, 4) is 6.07 Å². The molecular formula is C13H12N4O. The van der Waals surface area contributed by atoms with E-state index in [9.17, 15) is 0 Å². The Morgan fingerprint density at radius 2 is 2.22 bits per heavy atom. The molecule has 0 unspecified atom stereocenters. The van der Waals surface area contributed by atoms with Crippen LogP contribution in [0.15, 0.2) is 39.9 Å². The minimum absolute atomic E-state index is 0.220. The molecule has 1 heterocycles. The third kappa shape index (κ3) is 2.74. The number of oxazole rings is 1. The van der Waals surface area contributed by atoms with Gasteiger partial charge in [-0.3, -0.25) is 0 Å². The minimum Gasteiger partial charge on any atom is -0.422 e. The third-order valence-corrected chi connectivity index (χ3v) is 2.26. The van der Waals surface area contributed by atoms with Crippen LogP contribution in [0.5, 0.6) is 0 Å². The number of aromatic nitrogens is 1. The van der Waals surface area contributed by atoms with Crippen molar-refractivity contribution in [3.05, 3.63) is 47.5 Å². The van der Waals surface area contributed by atoms with Crippen LogP contribution in [0.25, 0.3) is 0 Å². The van der Waals surface area contributed by atoms with Crippen LogP contribution in [0, 0.1) is 11.3 Å². The van der Waals surface area contributed by atoms with Crippen molar-refractivity contribution in [2.24, 2.45) is 5.10 Å². The number of nitrogens with zero attached hydrogens (tertiary/aromatic N) is 3. The molecule has 0 amide bonds. The predicted molar refractivity (Wildman–Crippen MR) is 68.3 cm³/mol. The van der Waals surface area contributed by atoms with E-state index in [-0.39, 0.29) is 11.6 Å². The van der Waals surface area contributed by atoms with Crippen molar-refractivity contribution >= 4 is 12.1 Å². The molecule has 18 heavy (non-hydrogen) atoms. The van der Waals surface area contributed by atoms with Crippen LogP contribution in [0.3, 0.4) is 0 Å². The molecule has 90 valence electrons. The summed E-state index contributed by atoms with van der Waals surface area (Å²) in [4.78, 5) is 4.01. The molecule has 1 N–H and O–H groups in total. The second kappa shape index (κ2) is 5.64. The zero-order chi connectivity index (χ0) is 12.8. The number of hydrogen-bond donors (Lipinski definition) is 1. The molecule has 0 spiro atoms. The number of rotatable bonds is 4. The van der Waals surface area contributed by atoms with E-state index in [1.807, 2.05) is 43.3 Å². The third-order valence-electron chi connectivity index (χ3n) is 2.26. The summed E-state index contributed by atoms with van der Waals surface area (Å²) in [6.07, 6.45) is 2.29. The van der Waals surface area contributed by atoms with Crippen molar-refractivity contribution in [2.75, 3.05) is 5.43 Å². The molecule has 0 saturated heterocycles. The Hall–Kier alpha value is -2.61. The standard InChI is InChI=1S/C13H12N4O/c1-2-12-16-11(8-14)13(18-12)17-15-9-10-6-4-3-5-7-10/h3-7,9,17H,2H2,1H3. The SMILES string of the molecule is CCc1nc(C#N)c(NN=Cc2ccccc2)o1. The van der Waals surface area contributed by atoms with Gasteiger partial charge in [-0.2, -0.15) is 10.4 Å². The molecule has 5 heteroatoms. The Bertz CT molecular complexity index is 581. The molecule has 2 aromatic rings. The Balaban J connectivity index is 2.09. The van der Waals surface area contributed by atoms with Crippen molar-refractivity contribution in [1.82, 2.24) is 4.98 Å². The first-order valence-corrected chi connectivity index (χ1v) is 5.57. The highest BCUT2D eigenvalue weighted by molar-refractivity contribution is 5.79. The lowest BCUT2D eigenvalue weighted by Crippen LogP contribution is -1.91. The molecule has 0 aliphatic heterocycles. The lowest BCUT2D eigenvalue weighted by Gasteiger charge is -1.94. The zero-order valence-corrected chi connectivity index (χ0v) is 9.92. The van der Waals surface area contributed by atoms with Crippen molar-refractivity contribution in [1.29, 1.82) is 5.26 Å². The summed E-state index contributed by atoms with van der Waals surface area (Å²) in [6, 6.07) is 11.6. The van der Waals surface area contributed by atoms with E-state index in [1.165, 1.54) is 0 Å². The van der Waals surface area contributed by atoms with Crippen LogP contribution in [0.1, 0.15) is 24.1 Å². The first kappa shape index (κ1) is 11.9. The number of benzene rings is 1. The number of hydrogen-bond acceptors (Lipinski definition) is 5. The monoisotopic (exact) mass is 240 g/mol. The van der Waals surface area contributed by atoms with Gasteiger partial charge in [-0.25, -0.2) is 10.4 Å². The highest BCUT2D eigenvalue weighted by Crippen LogP contribution is 2.16. The summed E-state index contributed by atoms with van der Waals surface area (Å²) in [7, 11) is 0. The van der Waals surface area contributed by atoms with Gasteiger partial charge in [0, 0.05) is 6.42 Å². The maximum Gasteiger partial charge on any atom is 0.252 e. The first-order valence-electron chi connectivity index (χ1n) is 5.57. The quantitative estimate of drug-likeness (QED) is 0.658. The molecule has 1 aromatic heterocycles. The number of aryl methyl sites for hydroxylation is 1. The molecule has 2 rings (SSSR count). The summed E-state index contributed by atoms with van der Waals surface area (Å²) in [5, 5.41) is 12.9. The second-order valence-corrected chi connectivity index (χ2v) is 3.53. The van der Waals surface area contributed by atoms with Gasteiger partial charge in [-0.1, -0.05) is 37.3 Å². The van der Waals surface area contributed by atoms with Gasteiger partial charge < -0.3 is 4.42 Å². The lowest BCUT2D eigenvalue weighted by atomic mass is 10.2. The van der Waals surface area contributed by atoms with Crippen molar-refractivity contribution in [2.45, 2.75) is 13.3 Å². The van der Waals surface area contributed by atoms with Crippen LogP contribution in [-0.2, 0) is 6.42 Å². The molecule has 0 atom stereocenters. The lowest BCUT2D eigenvalue weighted by molar-refractivity contribution is 0.513. The van der Waals surface area contributed by atoms with E-state index in [0.29, 0.717) is 12.3 Å². The Morgan fingerprint density at radius 3 is 2.89 bits per heavy atom. The number of hydrazone groups is 1. The van der Waals surface area contributed by atoms with Crippen molar-refractivity contribution < 1.29 is 4.42 Å². The average molecular weight is 240 g/mol. The summed E-state index contributed by atoms with van der Waals surface area (Å²) >= 11 is 0. The Morgan fingerprint density at radius 1 is 1.44 bits per heavy atom. The van der Waals surface area contributed by atoms with Gasteiger partial charge in [-0.05, 0) is 5.56 Å². The van der Waals surface area contributed by atoms with Crippen LogP contribution in [0.4, 0.5) is 5.88 Å². The molecule has 0 aliphatic rings. The highest BCUT2D eigenvalue weighted by atomic mass is 16.4. The van der Waals surface area contributed by atoms with Crippen molar-refractivity contribution in [3.63, 3.8) is 0 Å². The minimum atomic E-state index is 0.220. The molecule has 0 bridgehead atoms. The summed E-state index contributed by atoms with van der Waals surface area (Å²) < 4.78 is 5.33. The van der Waals surface area contributed by atoms with E-state index < -0.39 is 0 Å². The van der Waals surface area contributed by atoms with E-state index >= 15 is 0 Å². The van der Waals surface area contributed by atoms with Crippen LogP contribution < -0.4 is 5.43 Å². The van der Waals surface area contributed by atoms with Gasteiger partial charge in [0.1, 0.15) is 6.07 Å². The maximum atomic E-state index is 8.88. The van der Waals surface area contributed by atoms with Gasteiger partial charge in [0.25, 0.3) is 5.88 Å². The zero-order valence-electron chi connectivity index (χ0n) is 9.92. The average Bonchev–Trinajstić information content (AvgIpc) is 2.82. The fourth-order valence-corrected chi connectivity index (χ4v) is 1.37. The molecule has 0 saturated carbocycles. The second-order valence-electron chi connectivity index (χ2n) is 3.53. The largest absolute Gasteiger partial charge is 0.422 e. The fraction of sp³-hybridized carbons (Fsp3) is 0.154. The molecule has 0 fully saturated rings. The fourth-order valence-electron chi connectivity index (χ4n) is 1.37. The summed E-state index contributed by atoms with van der Waals surface area (Å²) in [5.74, 6) is 0.797. The number of anilines is 1. The first-order chi connectivity index (χ1) is 8.83. The number of nitriles is 1. The molecular weight excluding hydrogens is 228 g/mol. The number of nitrogens with one attached hydrogen (secondary N) is 1. The molecule has 1 aromatic carbocycles. The van der Waals surface area contributed by atoms with Crippen LogP contribution in [-0.4, -0.2) is 11.2 Å². The maximum absolute atomic E-state index is 8.88. The van der Waals surface area contributed by atoms with Gasteiger partial charge in [0.2, 0.25) is 5.69 Å². The molecule has 0 radical (unpaired) electrons. The Kier molecular flexibility index (Phi) is 3.72. The van der Waals surface area contributed by atoms with E-state index in [2.05, 4.69) is 15.5 Å². The van der Waals surface area contributed by atoms with E-state index in [4.69, 9.17) is 9.68 Å². The smallest absolute Gasteiger partial charge is 0.252 e. The van der Waals surface area contributed by atoms with Gasteiger partial charge in [-0.15, -0.1) is 0 Å². The van der Waals surface area contributed by atoms with Crippen LogP contribution in [0.2, 0.25) is 0 Å². The van der Waals surface area contributed by atoms with Gasteiger partial charge in [0.15, 0.2) is 5.89 Å². The summed E-state index contributed by atoms with van der Waals surface area (Å²) in [6.45, 7) is 1.91. The van der Waals surface area contributed by atoms with Crippen LogP contribution >= 0.6 is 0 Å².